The number of hydrogen-bond donors (Lipinski definition) is 4. The lowest BCUT2D eigenvalue weighted by molar-refractivity contribution is -0.114. The number of amides is 1. The third kappa shape index (κ3) is 3.03. The molecule has 0 aliphatic carbocycles. The molecule has 1 aliphatic rings. The van der Waals surface area contributed by atoms with Crippen molar-refractivity contribution in [3.05, 3.63) is 59.6 Å². The minimum atomic E-state index is -0.140. The maximum absolute atomic E-state index is 11.1. The monoisotopic (exact) mass is 361 g/mol. The van der Waals surface area contributed by atoms with Crippen LogP contribution in [0.25, 0.3) is 16.6 Å². The SMILES string of the molecule is CC(=O)Nc1ccc(N2CC(O)=C(c3nc4ccc(C)cc4[nH]3)C2=N)cc1. The number of amidine groups is 1. The van der Waals surface area contributed by atoms with Crippen molar-refractivity contribution in [2.24, 2.45) is 0 Å². The number of carbonyl (C=O) groups is 1. The zero-order valence-corrected chi connectivity index (χ0v) is 15.0. The number of aromatic amines is 1. The van der Waals surface area contributed by atoms with Crippen molar-refractivity contribution in [3.63, 3.8) is 0 Å². The number of aliphatic hydroxyl groups excluding tert-OH is 1. The van der Waals surface area contributed by atoms with Crippen LogP contribution in [0.4, 0.5) is 11.4 Å². The van der Waals surface area contributed by atoms with Crippen LogP contribution in [-0.4, -0.2) is 33.4 Å². The van der Waals surface area contributed by atoms with Crippen molar-refractivity contribution in [2.75, 3.05) is 16.8 Å². The molecule has 4 N–H and O–H groups in total. The van der Waals surface area contributed by atoms with Crippen LogP contribution in [0, 0.1) is 12.3 Å². The van der Waals surface area contributed by atoms with Crippen molar-refractivity contribution in [3.8, 4) is 0 Å². The van der Waals surface area contributed by atoms with E-state index in [2.05, 4.69) is 15.3 Å². The Hall–Kier alpha value is -3.61. The summed E-state index contributed by atoms with van der Waals surface area (Å²) < 4.78 is 0. The van der Waals surface area contributed by atoms with Gasteiger partial charge in [0.2, 0.25) is 5.91 Å². The van der Waals surface area contributed by atoms with Gasteiger partial charge in [-0.1, -0.05) is 6.07 Å². The van der Waals surface area contributed by atoms with Gasteiger partial charge in [-0.3, -0.25) is 10.2 Å². The molecule has 0 saturated carbocycles. The first-order chi connectivity index (χ1) is 12.9. The van der Waals surface area contributed by atoms with Crippen LogP contribution in [0.2, 0.25) is 0 Å². The molecule has 1 aromatic heterocycles. The lowest BCUT2D eigenvalue weighted by Gasteiger charge is -2.19. The number of nitrogens with zero attached hydrogens (tertiary/aromatic N) is 2. The molecule has 1 aliphatic heterocycles. The van der Waals surface area contributed by atoms with Crippen molar-refractivity contribution in [1.29, 1.82) is 5.41 Å². The number of benzene rings is 2. The Morgan fingerprint density at radius 3 is 2.70 bits per heavy atom. The number of hydrogen-bond acceptors (Lipinski definition) is 4. The molecule has 0 radical (unpaired) electrons. The molecule has 0 fully saturated rings. The quantitative estimate of drug-likeness (QED) is 0.572. The molecule has 2 aromatic carbocycles. The molecule has 0 spiro atoms. The number of imidazole rings is 1. The predicted molar refractivity (Wildman–Crippen MR) is 106 cm³/mol. The summed E-state index contributed by atoms with van der Waals surface area (Å²) in [6, 6.07) is 13.0. The third-order valence-electron chi connectivity index (χ3n) is 4.48. The average molecular weight is 361 g/mol. The van der Waals surface area contributed by atoms with Crippen LogP contribution < -0.4 is 10.2 Å². The molecule has 0 bridgehead atoms. The Morgan fingerprint density at radius 2 is 2.00 bits per heavy atom. The Bertz CT molecular complexity index is 1100. The van der Waals surface area contributed by atoms with Crippen LogP contribution in [0.15, 0.2) is 48.2 Å². The van der Waals surface area contributed by atoms with Gasteiger partial charge in [-0.05, 0) is 48.9 Å². The van der Waals surface area contributed by atoms with E-state index in [1.54, 1.807) is 29.2 Å². The van der Waals surface area contributed by atoms with Gasteiger partial charge in [-0.25, -0.2) is 4.98 Å². The third-order valence-corrected chi connectivity index (χ3v) is 4.48. The first kappa shape index (κ1) is 16.8. The second-order valence-corrected chi connectivity index (χ2v) is 6.59. The molecule has 2 heterocycles. The second-order valence-electron chi connectivity index (χ2n) is 6.59. The Kier molecular flexibility index (Phi) is 3.92. The summed E-state index contributed by atoms with van der Waals surface area (Å²) in [5.74, 6) is 0.617. The van der Waals surface area contributed by atoms with Gasteiger partial charge in [0.25, 0.3) is 0 Å². The van der Waals surface area contributed by atoms with Gasteiger partial charge >= 0.3 is 0 Å². The maximum atomic E-state index is 11.1. The molecule has 0 atom stereocenters. The molecule has 7 nitrogen and oxygen atoms in total. The van der Waals surface area contributed by atoms with Gasteiger partial charge in [0, 0.05) is 18.3 Å². The Balaban J connectivity index is 1.63. The van der Waals surface area contributed by atoms with E-state index in [0.717, 1.165) is 22.3 Å². The first-order valence-corrected chi connectivity index (χ1v) is 8.55. The topological polar surface area (TPSA) is 105 Å². The van der Waals surface area contributed by atoms with Gasteiger partial charge < -0.3 is 20.3 Å². The first-order valence-electron chi connectivity index (χ1n) is 8.55. The van der Waals surface area contributed by atoms with E-state index in [1.165, 1.54) is 6.92 Å². The summed E-state index contributed by atoms with van der Waals surface area (Å²) >= 11 is 0. The Labute approximate surface area is 155 Å². The van der Waals surface area contributed by atoms with Gasteiger partial charge in [0.05, 0.1) is 23.2 Å². The van der Waals surface area contributed by atoms with Crippen LogP contribution in [0.5, 0.6) is 0 Å². The zero-order chi connectivity index (χ0) is 19.1. The fraction of sp³-hybridized carbons (Fsp3) is 0.150. The van der Waals surface area contributed by atoms with Crippen molar-refractivity contribution in [1.82, 2.24) is 9.97 Å². The van der Waals surface area contributed by atoms with E-state index < -0.39 is 0 Å². The number of H-pyrrole nitrogens is 1. The molecule has 136 valence electrons. The van der Waals surface area contributed by atoms with Crippen molar-refractivity contribution >= 4 is 39.7 Å². The van der Waals surface area contributed by atoms with Crippen LogP contribution in [0.1, 0.15) is 18.3 Å². The highest BCUT2D eigenvalue weighted by atomic mass is 16.3. The van der Waals surface area contributed by atoms with Gasteiger partial charge in [-0.2, -0.15) is 0 Å². The molecule has 3 aromatic rings. The van der Waals surface area contributed by atoms with E-state index >= 15 is 0 Å². The largest absolute Gasteiger partial charge is 0.509 e. The molecule has 0 unspecified atom stereocenters. The van der Waals surface area contributed by atoms with E-state index in [9.17, 15) is 9.90 Å². The average Bonchev–Trinajstić information content (AvgIpc) is 3.14. The lowest BCUT2D eigenvalue weighted by Crippen LogP contribution is -2.26. The number of nitrogens with one attached hydrogen (secondary N) is 3. The minimum Gasteiger partial charge on any atom is -0.509 e. The maximum Gasteiger partial charge on any atom is 0.221 e. The number of aromatic nitrogens is 2. The fourth-order valence-corrected chi connectivity index (χ4v) is 3.22. The van der Waals surface area contributed by atoms with E-state index in [1.807, 2.05) is 25.1 Å². The van der Waals surface area contributed by atoms with Gasteiger partial charge in [0.1, 0.15) is 17.4 Å². The summed E-state index contributed by atoms with van der Waals surface area (Å²) in [5.41, 5.74) is 4.61. The zero-order valence-electron chi connectivity index (χ0n) is 15.0. The molecule has 0 saturated heterocycles. The number of rotatable bonds is 3. The molecular formula is C20H19N5O2. The van der Waals surface area contributed by atoms with Gasteiger partial charge in [-0.15, -0.1) is 0 Å². The summed E-state index contributed by atoms with van der Waals surface area (Å²) in [5, 5.41) is 21.7. The molecular weight excluding hydrogens is 342 g/mol. The standard InChI is InChI=1S/C20H19N5O2/c1-11-3-8-15-16(9-11)24-20(23-15)18-17(27)10-25(19(18)21)14-6-4-13(5-7-14)22-12(2)26/h3-9,21,27H,10H2,1-2H3,(H,22,26)(H,23,24). The fourth-order valence-electron chi connectivity index (χ4n) is 3.22. The van der Waals surface area contributed by atoms with Crippen molar-refractivity contribution in [2.45, 2.75) is 13.8 Å². The summed E-state index contributed by atoms with van der Waals surface area (Å²) in [4.78, 5) is 20.6. The van der Waals surface area contributed by atoms with E-state index in [0.29, 0.717) is 17.1 Å². The highest BCUT2D eigenvalue weighted by Gasteiger charge is 2.31. The number of anilines is 2. The van der Waals surface area contributed by atoms with Crippen LogP contribution >= 0.6 is 0 Å². The summed E-state index contributed by atoms with van der Waals surface area (Å²) in [6.07, 6.45) is 0. The molecule has 1 amide bonds. The van der Waals surface area contributed by atoms with Gasteiger partial charge in [0.15, 0.2) is 0 Å². The van der Waals surface area contributed by atoms with Crippen molar-refractivity contribution < 1.29 is 9.90 Å². The summed E-state index contributed by atoms with van der Waals surface area (Å²) in [6.45, 7) is 3.65. The van der Waals surface area contributed by atoms with E-state index in [4.69, 9.17) is 5.41 Å². The number of carbonyl (C=O) groups excluding carboxylic acids is 1. The molecule has 7 heteroatoms. The van der Waals surface area contributed by atoms with E-state index in [-0.39, 0.29) is 24.0 Å². The molecule has 27 heavy (non-hydrogen) atoms. The highest BCUT2D eigenvalue weighted by molar-refractivity contribution is 6.30. The smallest absolute Gasteiger partial charge is 0.221 e. The van der Waals surface area contributed by atoms with Crippen LogP contribution in [0.3, 0.4) is 0 Å². The number of aryl methyl sites for hydroxylation is 1. The minimum absolute atomic E-state index is 0.0988. The number of fused-ring (bicyclic) bond motifs is 1. The lowest BCUT2D eigenvalue weighted by atomic mass is 10.2. The van der Waals surface area contributed by atoms with Crippen LogP contribution in [-0.2, 0) is 4.79 Å². The second kappa shape index (κ2) is 6.28. The number of aliphatic hydroxyl groups is 1. The highest BCUT2D eigenvalue weighted by Crippen LogP contribution is 2.31. The normalized spacial score (nSPS) is 14.3. The Morgan fingerprint density at radius 1 is 1.26 bits per heavy atom. The summed E-state index contributed by atoms with van der Waals surface area (Å²) in [7, 11) is 0. The predicted octanol–water partition coefficient (Wildman–Crippen LogP) is 3.60. The molecule has 4 rings (SSSR count).